The summed E-state index contributed by atoms with van der Waals surface area (Å²) in [6, 6.07) is 0. The van der Waals surface area contributed by atoms with Crippen molar-refractivity contribution in [1.82, 2.24) is 5.32 Å². The van der Waals surface area contributed by atoms with Crippen LogP contribution in [0.15, 0.2) is 0 Å². The molecule has 1 fully saturated rings. The van der Waals surface area contributed by atoms with Gasteiger partial charge in [0.15, 0.2) is 0 Å². The quantitative estimate of drug-likeness (QED) is 0.725. The van der Waals surface area contributed by atoms with E-state index < -0.39 is 0 Å². The highest BCUT2D eigenvalue weighted by atomic mass is 15.0. The minimum absolute atomic E-state index is 0.263. The fourth-order valence-electron chi connectivity index (χ4n) is 2.58. The standard InChI is InChI=1S/C14H29N/c1-6-10-14(5,12-8-7-9-12)11-15-13(2,3)4/h12,15H,6-11H2,1-5H3. The summed E-state index contributed by atoms with van der Waals surface area (Å²) in [5.41, 5.74) is 0.805. The molecule has 15 heavy (non-hydrogen) atoms. The van der Waals surface area contributed by atoms with Gasteiger partial charge in [-0.1, -0.05) is 26.7 Å². The highest BCUT2D eigenvalue weighted by Crippen LogP contribution is 2.44. The van der Waals surface area contributed by atoms with Gasteiger partial charge in [0.2, 0.25) is 0 Å². The molecule has 1 nitrogen and oxygen atoms in total. The molecular weight excluding hydrogens is 182 g/mol. The van der Waals surface area contributed by atoms with Gasteiger partial charge in [-0.05, 0) is 51.4 Å². The van der Waals surface area contributed by atoms with E-state index in [4.69, 9.17) is 0 Å². The van der Waals surface area contributed by atoms with Crippen molar-refractivity contribution in [2.24, 2.45) is 11.3 Å². The number of rotatable bonds is 5. The highest BCUT2D eigenvalue weighted by molar-refractivity contribution is 4.90. The van der Waals surface area contributed by atoms with Crippen LogP contribution in [0.3, 0.4) is 0 Å². The van der Waals surface area contributed by atoms with Crippen molar-refractivity contribution in [3.63, 3.8) is 0 Å². The summed E-state index contributed by atoms with van der Waals surface area (Å²) in [6.45, 7) is 12.8. The summed E-state index contributed by atoms with van der Waals surface area (Å²) in [4.78, 5) is 0. The van der Waals surface area contributed by atoms with Gasteiger partial charge in [-0.15, -0.1) is 0 Å². The third kappa shape index (κ3) is 3.79. The second kappa shape index (κ2) is 4.86. The molecule has 1 N–H and O–H groups in total. The van der Waals surface area contributed by atoms with Gasteiger partial charge in [-0.3, -0.25) is 0 Å². The molecule has 0 aliphatic heterocycles. The van der Waals surface area contributed by atoms with E-state index in [1.54, 1.807) is 0 Å². The molecular formula is C14H29N. The summed E-state index contributed by atoms with van der Waals surface area (Å²) in [5, 5.41) is 3.70. The zero-order valence-electron chi connectivity index (χ0n) is 11.3. The Morgan fingerprint density at radius 3 is 2.07 bits per heavy atom. The molecule has 1 heteroatoms. The molecule has 90 valence electrons. The molecule has 1 aliphatic rings. The molecule has 1 atom stereocenters. The number of hydrogen-bond acceptors (Lipinski definition) is 1. The number of hydrogen-bond donors (Lipinski definition) is 1. The molecule has 0 aromatic heterocycles. The second-order valence-corrected chi connectivity index (χ2v) is 6.64. The Kier molecular flexibility index (Phi) is 4.22. The van der Waals surface area contributed by atoms with Gasteiger partial charge in [0.05, 0.1) is 0 Å². The normalized spacial score (nSPS) is 22.2. The van der Waals surface area contributed by atoms with E-state index in [1.165, 1.54) is 38.6 Å². The topological polar surface area (TPSA) is 12.0 Å². The molecule has 0 saturated heterocycles. The fourth-order valence-corrected chi connectivity index (χ4v) is 2.58. The van der Waals surface area contributed by atoms with Crippen molar-refractivity contribution in [3.05, 3.63) is 0 Å². The summed E-state index contributed by atoms with van der Waals surface area (Å²) in [5.74, 6) is 0.979. The molecule has 0 bridgehead atoms. The van der Waals surface area contributed by atoms with Crippen LogP contribution in [0.25, 0.3) is 0 Å². The first-order valence-electron chi connectivity index (χ1n) is 6.62. The lowest BCUT2D eigenvalue weighted by Crippen LogP contribution is -2.47. The van der Waals surface area contributed by atoms with Gasteiger partial charge in [-0.2, -0.15) is 0 Å². The Morgan fingerprint density at radius 2 is 1.73 bits per heavy atom. The average Bonchev–Trinajstić information content (AvgIpc) is 1.96. The second-order valence-electron chi connectivity index (χ2n) is 6.64. The number of nitrogens with one attached hydrogen (secondary N) is 1. The van der Waals surface area contributed by atoms with Crippen LogP contribution in [0, 0.1) is 11.3 Å². The zero-order chi connectivity index (χ0) is 11.5. The smallest absolute Gasteiger partial charge is 0.00967 e. The first kappa shape index (κ1) is 13.0. The lowest BCUT2D eigenvalue weighted by molar-refractivity contribution is 0.0815. The Balaban J connectivity index is 2.48. The molecule has 0 spiro atoms. The van der Waals surface area contributed by atoms with Gasteiger partial charge < -0.3 is 5.32 Å². The molecule has 0 radical (unpaired) electrons. The van der Waals surface area contributed by atoms with E-state index in [2.05, 4.69) is 39.9 Å². The predicted octanol–water partition coefficient (Wildman–Crippen LogP) is 3.98. The molecule has 1 saturated carbocycles. The van der Waals surface area contributed by atoms with E-state index in [1.807, 2.05) is 0 Å². The Bertz CT molecular complexity index is 188. The molecule has 0 aromatic rings. The van der Waals surface area contributed by atoms with Gasteiger partial charge in [0.1, 0.15) is 0 Å². The Morgan fingerprint density at radius 1 is 1.13 bits per heavy atom. The minimum atomic E-state index is 0.263. The lowest BCUT2D eigenvalue weighted by Gasteiger charge is -2.44. The fraction of sp³-hybridized carbons (Fsp3) is 1.00. The van der Waals surface area contributed by atoms with Crippen LogP contribution >= 0.6 is 0 Å². The van der Waals surface area contributed by atoms with Gasteiger partial charge >= 0.3 is 0 Å². The minimum Gasteiger partial charge on any atom is -0.312 e. The summed E-state index contributed by atoms with van der Waals surface area (Å²) < 4.78 is 0. The van der Waals surface area contributed by atoms with Crippen molar-refractivity contribution in [3.8, 4) is 0 Å². The molecule has 0 aromatic carbocycles. The van der Waals surface area contributed by atoms with Crippen LogP contribution in [0.1, 0.15) is 66.7 Å². The van der Waals surface area contributed by atoms with Crippen LogP contribution in [-0.4, -0.2) is 12.1 Å². The molecule has 1 rings (SSSR count). The Labute approximate surface area is 96.0 Å². The highest BCUT2D eigenvalue weighted by Gasteiger charge is 2.37. The molecule has 1 unspecified atom stereocenters. The third-order valence-electron chi connectivity index (χ3n) is 3.93. The molecule has 1 aliphatic carbocycles. The van der Waals surface area contributed by atoms with Crippen LogP contribution in [0.4, 0.5) is 0 Å². The lowest BCUT2D eigenvalue weighted by atomic mass is 9.64. The van der Waals surface area contributed by atoms with Crippen molar-refractivity contribution in [2.75, 3.05) is 6.54 Å². The van der Waals surface area contributed by atoms with Crippen molar-refractivity contribution in [1.29, 1.82) is 0 Å². The van der Waals surface area contributed by atoms with Crippen LogP contribution < -0.4 is 5.32 Å². The molecule has 0 heterocycles. The zero-order valence-corrected chi connectivity index (χ0v) is 11.3. The first-order chi connectivity index (χ1) is 6.87. The SMILES string of the molecule is CCCC(C)(CNC(C)(C)C)C1CCC1. The van der Waals surface area contributed by atoms with E-state index in [9.17, 15) is 0 Å². The van der Waals surface area contributed by atoms with Gasteiger partial charge in [0, 0.05) is 12.1 Å². The summed E-state index contributed by atoms with van der Waals surface area (Å²) in [7, 11) is 0. The van der Waals surface area contributed by atoms with Gasteiger partial charge in [-0.25, -0.2) is 0 Å². The third-order valence-corrected chi connectivity index (χ3v) is 3.93. The van der Waals surface area contributed by atoms with Crippen molar-refractivity contribution in [2.45, 2.75) is 72.3 Å². The maximum Gasteiger partial charge on any atom is 0.00967 e. The predicted molar refractivity (Wildman–Crippen MR) is 68.1 cm³/mol. The maximum absolute atomic E-state index is 3.70. The average molecular weight is 211 g/mol. The molecule has 0 amide bonds. The van der Waals surface area contributed by atoms with Crippen LogP contribution in [0.5, 0.6) is 0 Å². The van der Waals surface area contributed by atoms with E-state index >= 15 is 0 Å². The summed E-state index contributed by atoms with van der Waals surface area (Å²) in [6.07, 6.45) is 7.07. The summed E-state index contributed by atoms with van der Waals surface area (Å²) >= 11 is 0. The van der Waals surface area contributed by atoms with Gasteiger partial charge in [0.25, 0.3) is 0 Å². The largest absolute Gasteiger partial charge is 0.312 e. The maximum atomic E-state index is 3.70. The van der Waals surface area contributed by atoms with E-state index in [0.29, 0.717) is 5.41 Å². The Hall–Kier alpha value is -0.0400. The van der Waals surface area contributed by atoms with Crippen molar-refractivity contribution < 1.29 is 0 Å². The van der Waals surface area contributed by atoms with Crippen LogP contribution in [-0.2, 0) is 0 Å². The first-order valence-corrected chi connectivity index (χ1v) is 6.62. The van der Waals surface area contributed by atoms with E-state index in [-0.39, 0.29) is 5.54 Å². The van der Waals surface area contributed by atoms with Crippen LogP contribution in [0.2, 0.25) is 0 Å². The van der Waals surface area contributed by atoms with E-state index in [0.717, 1.165) is 5.92 Å². The monoisotopic (exact) mass is 211 g/mol. The van der Waals surface area contributed by atoms with Crippen molar-refractivity contribution >= 4 is 0 Å².